The molecule has 0 atom stereocenters. The van der Waals surface area contributed by atoms with E-state index >= 15 is 0 Å². The number of H-pyrrole nitrogens is 1. The summed E-state index contributed by atoms with van der Waals surface area (Å²) in [5.41, 5.74) is 5.62. The average molecular weight is 230 g/mol. The van der Waals surface area contributed by atoms with Crippen molar-refractivity contribution in [3.05, 3.63) is 45.9 Å². The second-order valence-corrected chi connectivity index (χ2v) is 4.46. The molecule has 0 amide bonds. The van der Waals surface area contributed by atoms with Crippen LogP contribution in [0.5, 0.6) is 0 Å². The molecule has 16 heavy (non-hydrogen) atoms. The quantitative estimate of drug-likeness (QED) is 0.756. The molecule has 1 heterocycles. The number of hydrogen-bond acceptors (Lipinski definition) is 2. The number of rotatable bonds is 1. The topological polar surface area (TPSA) is 28.7 Å². The van der Waals surface area contributed by atoms with E-state index < -0.39 is 0 Å². The standard InChI is InChI=1S/C13H14N2S/c1-8-4-5-11(9(2)6-8)12-7-10(3)14-13(16)15-12/h4-7H,1-3H3,(H,14,15,16). The van der Waals surface area contributed by atoms with Gasteiger partial charge in [0.2, 0.25) is 0 Å². The highest BCUT2D eigenvalue weighted by Gasteiger charge is 2.04. The Labute approximate surface area is 100 Å². The van der Waals surface area contributed by atoms with Gasteiger partial charge in [0.15, 0.2) is 4.77 Å². The number of benzene rings is 1. The van der Waals surface area contributed by atoms with Crippen LogP contribution in [0.4, 0.5) is 0 Å². The molecule has 2 aromatic rings. The van der Waals surface area contributed by atoms with Gasteiger partial charge in [-0.25, -0.2) is 4.98 Å². The van der Waals surface area contributed by atoms with Crippen LogP contribution in [0.2, 0.25) is 0 Å². The highest BCUT2D eigenvalue weighted by molar-refractivity contribution is 7.71. The SMILES string of the molecule is Cc1ccc(-c2cc(C)[nH]c(=S)n2)c(C)c1. The molecule has 0 aliphatic carbocycles. The number of hydrogen-bond donors (Lipinski definition) is 1. The third kappa shape index (κ3) is 2.19. The molecule has 0 radical (unpaired) electrons. The van der Waals surface area contributed by atoms with Gasteiger partial charge in [0, 0.05) is 11.3 Å². The van der Waals surface area contributed by atoms with Crippen molar-refractivity contribution >= 4 is 12.2 Å². The van der Waals surface area contributed by atoms with Gasteiger partial charge in [-0.05, 0) is 44.6 Å². The number of nitrogens with zero attached hydrogens (tertiary/aromatic N) is 1. The molecule has 1 aromatic heterocycles. The molecule has 0 saturated heterocycles. The maximum Gasteiger partial charge on any atom is 0.197 e. The van der Waals surface area contributed by atoms with Gasteiger partial charge in [0.25, 0.3) is 0 Å². The number of aromatic amines is 1. The molecule has 82 valence electrons. The Morgan fingerprint density at radius 1 is 1.12 bits per heavy atom. The lowest BCUT2D eigenvalue weighted by atomic mass is 10.0. The molecule has 0 saturated carbocycles. The van der Waals surface area contributed by atoms with Crippen LogP contribution in [0.25, 0.3) is 11.3 Å². The van der Waals surface area contributed by atoms with E-state index in [0.29, 0.717) is 4.77 Å². The molecule has 0 spiro atoms. The molecule has 0 aliphatic rings. The first kappa shape index (κ1) is 11.0. The van der Waals surface area contributed by atoms with Gasteiger partial charge in [-0.1, -0.05) is 23.8 Å². The van der Waals surface area contributed by atoms with Gasteiger partial charge in [0.1, 0.15) is 0 Å². The van der Waals surface area contributed by atoms with Crippen LogP contribution in [0.3, 0.4) is 0 Å². The van der Waals surface area contributed by atoms with E-state index in [1.165, 1.54) is 11.1 Å². The minimum Gasteiger partial charge on any atom is -0.335 e. The zero-order valence-electron chi connectivity index (χ0n) is 9.66. The summed E-state index contributed by atoms with van der Waals surface area (Å²) in [6.45, 7) is 6.18. The van der Waals surface area contributed by atoms with Crippen molar-refractivity contribution in [2.24, 2.45) is 0 Å². The van der Waals surface area contributed by atoms with Crippen molar-refractivity contribution < 1.29 is 0 Å². The summed E-state index contributed by atoms with van der Waals surface area (Å²) < 4.78 is 0.537. The smallest absolute Gasteiger partial charge is 0.197 e. The van der Waals surface area contributed by atoms with E-state index in [2.05, 4.69) is 42.0 Å². The Kier molecular flexibility index (Phi) is 2.88. The molecule has 1 aromatic carbocycles. The molecule has 3 heteroatoms. The minimum atomic E-state index is 0.537. The van der Waals surface area contributed by atoms with E-state index in [1.54, 1.807) is 0 Å². The van der Waals surface area contributed by atoms with Crippen molar-refractivity contribution in [1.29, 1.82) is 0 Å². The third-order valence-corrected chi connectivity index (χ3v) is 2.73. The highest BCUT2D eigenvalue weighted by atomic mass is 32.1. The zero-order valence-corrected chi connectivity index (χ0v) is 10.5. The molecule has 0 unspecified atom stereocenters. The second-order valence-electron chi connectivity index (χ2n) is 4.07. The van der Waals surface area contributed by atoms with Gasteiger partial charge in [0.05, 0.1) is 5.69 Å². The normalized spacial score (nSPS) is 10.4. The lowest BCUT2D eigenvalue weighted by molar-refractivity contribution is 1.08. The molecule has 1 N–H and O–H groups in total. The molecule has 0 aliphatic heterocycles. The molecular weight excluding hydrogens is 216 g/mol. The Hall–Kier alpha value is -1.48. The number of aromatic nitrogens is 2. The van der Waals surface area contributed by atoms with Crippen molar-refractivity contribution in [1.82, 2.24) is 9.97 Å². The molecule has 0 fully saturated rings. The summed E-state index contributed by atoms with van der Waals surface area (Å²) in [4.78, 5) is 7.37. The predicted octanol–water partition coefficient (Wildman–Crippen LogP) is 3.73. The lowest BCUT2D eigenvalue weighted by Crippen LogP contribution is -1.92. The Bertz CT molecular complexity index is 585. The maximum absolute atomic E-state index is 5.09. The van der Waals surface area contributed by atoms with Crippen LogP contribution in [0.1, 0.15) is 16.8 Å². The fraction of sp³-hybridized carbons (Fsp3) is 0.231. The Balaban J connectivity index is 2.63. The van der Waals surface area contributed by atoms with Crippen LogP contribution in [0, 0.1) is 25.5 Å². The molecule has 2 rings (SSSR count). The first-order valence-electron chi connectivity index (χ1n) is 5.22. The second kappa shape index (κ2) is 4.18. The van der Waals surface area contributed by atoms with Crippen LogP contribution in [0.15, 0.2) is 24.3 Å². The van der Waals surface area contributed by atoms with Gasteiger partial charge in [-0.3, -0.25) is 0 Å². The largest absolute Gasteiger partial charge is 0.335 e. The Morgan fingerprint density at radius 2 is 1.88 bits per heavy atom. The summed E-state index contributed by atoms with van der Waals surface area (Å²) in [5, 5.41) is 0. The van der Waals surface area contributed by atoms with Crippen molar-refractivity contribution in [2.75, 3.05) is 0 Å². The molecular formula is C13H14N2S. The van der Waals surface area contributed by atoms with E-state index in [0.717, 1.165) is 17.0 Å². The molecule has 2 nitrogen and oxygen atoms in total. The maximum atomic E-state index is 5.09. The van der Waals surface area contributed by atoms with Gasteiger partial charge in [-0.15, -0.1) is 0 Å². The first-order chi connectivity index (χ1) is 7.56. The summed E-state index contributed by atoms with van der Waals surface area (Å²) in [5.74, 6) is 0. The van der Waals surface area contributed by atoms with Gasteiger partial charge < -0.3 is 4.98 Å². The average Bonchev–Trinajstić information content (AvgIpc) is 2.15. The van der Waals surface area contributed by atoms with E-state index in [1.807, 2.05) is 13.0 Å². The number of aryl methyl sites for hydroxylation is 3. The monoisotopic (exact) mass is 230 g/mol. The van der Waals surface area contributed by atoms with Gasteiger partial charge in [-0.2, -0.15) is 0 Å². The summed E-state index contributed by atoms with van der Waals surface area (Å²) in [6, 6.07) is 8.37. The van der Waals surface area contributed by atoms with Crippen LogP contribution in [-0.2, 0) is 0 Å². The lowest BCUT2D eigenvalue weighted by Gasteiger charge is -2.06. The highest BCUT2D eigenvalue weighted by Crippen LogP contribution is 2.22. The van der Waals surface area contributed by atoms with E-state index in [-0.39, 0.29) is 0 Å². The summed E-state index contributed by atoms with van der Waals surface area (Å²) >= 11 is 5.09. The fourth-order valence-corrected chi connectivity index (χ4v) is 2.08. The first-order valence-corrected chi connectivity index (χ1v) is 5.62. The zero-order chi connectivity index (χ0) is 11.7. The third-order valence-electron chi connectivity index (χ3n) is 2.54. The molecule has 0 bridgehead atoms. The van der Waals surface area contributed by atoms with Crippen LogP contribution < -0.4 is 0 Å². The van der Waals surface area contributed by atoms with Gasteiger partial charge >= 0.3 is 0 Å². The van der Waals surface area contributed by atoms with E-state index in [4.69, 9.17) is 12.2 Å². The van der Waals surface area contributed by atoms with Crippen LogP contribution >= 0.6 is 12.2 Å². The fourth-order valence-electron chi connectivity index (χ4n) is 1.82. The summed E-state index contributed by atoms with van der Waals surface area (Å²) in [7, 11) is 0. The van der Waals surface area contributed by atoms with Crippen molar-refractivity contribution in [3.8, 4) is 11.3 Å². The van der Waals surface area contributed by atoms with Crippen molar-refractivity contribution in [3.63, 3.8) is 0 Å². The van der Waals surface area contributed by atoms with Crippen LogP contribution in [-0.4, -0.2) is 9.97 Å². The predicted molar refractivity (Wildman–Crippen MR) is 69.1 cm³/mol. The van der Waals surface area contributed by atoms with Crippen molar-refractivity contribution in [2.45, 2.75) is 20.8 Å². The number of nitrogens with one attached hydrogen (secondary N) is 1. The Morgan fingerprint density at radius 3 is 2.50 bits per heavy atom. The summed E-state index contributed by atoms with van der Waals surface area (Å²) in [6.07, 6.45) is 0. The van der Waals surface area contributed by atoms with E-state index in [9.17, 15) is 0 Å². The minimum absolute atomic E-state index is 0.537.